The Morgan fingerprint density at radius 1 is 0.302 bits per heavy atom. The molecule has 63 heavy (non-hydrogen) atoms. The Morgan fingerprint density at radius 2 is 0.857 bits per heavy atom. The van der Waals surface area contributed by atoms with Gasteiger partial charge in [0, 0.05) is 49.7 Å². The average Bonchev–Trinajstić information content (AvgIpc) is 3.90. The molecule has 0 fully saturated rings. The van der Waals surface area contributed by atoms with E-state index in [0.29, 0.717) is 0 Å². The van der Waals surface area contributed by atoms with Gasteiger partial charge in [0.1, 0.15) is 11.2 Å². The molecule has 0 aliphatic rings. The van der Waals surface area contributed by atoms with E-state index < -0.39 is 0 Å². The fraction of sp³-hybridized carbons (Fsp3) is 0. The highest BCUT2D eigenvalue weighted by Gasteiger charge is 2.18. The van der Waals surface area contributed by atoms with Gasteiger partial charge in [-0.05, 0) is 128 Å². The number of furan rings is 1. The predicted molar refractivity (Wildman–Crippen MR) is 266 cm³/mol. The standard InChI is InChI=1S/C60H38N2O/c1-3-17-50-40(11-1)23-24-45-35-44(28-32-51(45)50)43-14-10-15-47(37-43)61(49-31-34-59-56(38-49)55-33-27-41-12-2-4-18-52(41)60(55)63-59)46-29-25-39(26-30-46)42-13-9-16-48(36-42)62-57-21-7-5-19-53(57)54-20-6-8-22-58(54)62/h1-38H. The average molecular weight is 803 g/mol. The highest BCUT2D eigenvalue weighted by Crippen LogP contribution is 2.42. The fourth-order valence-electron chi connectivity index (χ4n) is 9.92. The van der Waals surface area contributed by atoms with E-state index in [1.807, 2.05) is 0 Å². The van der Waals surface area contributed by atoms with Crippen molar-refractivity contribution in [3.63, 3.8) is 0 Å². The number of para-hydroxylation sites is 2. The molecule has 3 heteroatoms. The number of rotatable bonds is 6. The largest absolute Gasteiger partial charge is 0.455 e. The van der Waals surface area contributed by atoms with Crippen molar-refractivity contribution < 1.29 is 4.42 Å². The van der Waals surface area contributed by atoms with Crippen LogP contribution in [-0.4, -0.2) is 4.57 Å². The van der Waals surface area contributed by atoms with E-state index in [4.69, 9.17) is 4.42 Å². The number of nitrogens with zero attached hydrogens (tertiary/aromatic N) is 2. The highest BCUT2D eigenvalue weighted by atomic mass is 16.3. The van der Waals surface area contributed by atoms with E-state index in [1.54, 1.807) is 0 Å². The number of fused-ring (bicyclic) bond motifs is 11. The second kappa shape index (κ2) is 14.1. The van der Waals surface area contributed by atoms with Gasteiger partial charge in [-0.25, -0.2) is 0 Å². The third-order valence-electron chi connectivity index (χ3n) is 12.9. The Kier molecular flexibility index (Phi) is 7.91. The van der Waals surface area contributed by atoms with Crippen molar-refractivity contribution in [1.82, 2.24) is 4.57 Å². The first-order chi connectivity index (χ1) is 31.2. The third-order valence-corrected chi connectivity index (χ3v) is 12.9. The number of hydrogen-bond donors (Lipinski definition) is 0. The van der Waals surface area contributed by atoms with E-state index in [0.717, 1.165) is 66.8 Å². The lowest BCUT2D eigenvalue weighted by molar-refractivity contribution is 0.672. The summed E-state index contributed by atoms with van der Waals surface area (Å²) in [5.74, 6) is 0. The topological polar surface area (TPSA) is 21.3 Å². The summed E-state index contributed by atoms with van der Waals surface area (Å²) in [6, 6.07) is 83.6. The van der Waals surface area contributed by atoms with E-state index in [1.165, 1.54) is 54.3 Å². The molecule has 0 bridgehead atoms. The maximum absolute atomic E-state index is 6.58. The molecule has 2 aromatic heterocycles. The lowest BCUT2D eigenvalue weighted by atomic mass is 9.97. The summed E-state index contributed by atoms with van der Waals surface area (Å²) in [5, 5.41) is 12.1. The molecule has 11 aromatic carbocycles. The summed E-state index contributed by atoms with van der Waals surface area (Å²) >= 11 is 0. The molecule has 0 amide bonds. The van der Waals surface area contributed by atoms with Crippen LogP contribution in [0.15, 0.2) is 235 Å². The molecule has 0 aliphatic carbocycles. The maximum Gasteiger partial charge on any atom is 0.143 e. The normalized spacial score (nSPS) is 11.8. The van der Waals surface area contributed by atoms with Gasteiger partial charge >= 0.3 is 0 Å². The Labute approximate surface area is 363 Å². The number of benzene rings is 11. The zero-order chi connectivity index (χ0) is 41.4. The second-order valence-electron chi connectivity index (χ2n) is 16.5. The summed E-state index contributed by atoms with van der Waals surface area (Å²) in [6.07, 6.45) is 0. The zero-order valence-electron chi connectivity index (χ0n) is 34.2. The van der Waals surface area contributed by atoms with Crippen molar-refractivity contribution in [3.8, 4) is 27.9 Å². The van der Waals surface area contributed by atoms with Gasteiger partial charge in [-0.15, -0.1) is 0 Å². The van der Waals surface area contributed by atoms with Gasteiger partial charge in [0.05, 0.1) is 11.0 Å². The van der Waals surface area contributed by atoms with Crippen molar-refractivity contribution >= 4 is 93.1 Å². The number of hydrogen-bond acceptors (Lipinski definition) is 2. The quantitative estimate of drug-likeness (QED) is 0.156. The molecule has 0 unspecified atom stereocenters. The summed E-state index contributed by atoms with van der Waals surface area (Å²) in [6.45, 7) is 0. The molecule has 0 atom stereocenters. The molecule has 0 saturated carbocycles. The minimum atomic E-state index is 0.876. The third kappa shape index (κ3) is 5.75. The smallest absolute Gasteiger partial charge is 0.143 e. The molecule has 294 valence electrons. The van der Waals surface area contributed by atoms with Crippen molar-refractivity contribution in [3.05, 3.63) is 231 Å². The van der Waals surface area contributed by atoms with Crippen LogP contribution >= 0.6 is 0 Å². The summed E-state index contributed by atoms with van der Waals surface area (Å²) in [7, 11) is 0. The second-order valence-corrected chi connectivity index (χ2v) is 16.5. The number of anilines is 3. The van der Waals surface area contributed by atoms with Gasteiger partial charge in [-0.1, -0.05) is 152 Å². The van der Waals surface area contributed by atoms with Crippen LogP contribution in [-0.2, 0) is 0 Å². The molecule has 0 radical (unpaired) electrons. The molecule has 0 N–H and O–H groups in total. The Bertz CT molecular complexity index is 3870. The summed E-state index contributed by atoms with van der Waals surface area (Å²) in [4.78, 5) is 2.37. The Morgan fingerprint density at radius 3 is 1.65 bits per heavy atom. The lowest BCUT2D eigenvalue weighted by Gasteiger charge is -2.26. The first kappa shape index (κ1) is 35.4. The van der Waals surface area contributed by atoms with Gasteiger partial charge in [0.2, 0.25) is 0 Å². The van der Waals surface area contributed by atoms with Gasteiger partial charge in [0.15, 0.2) is 0 Å². The zero-order valence-corrected chi connectivity index (χ0v) is 34.2. The van der Waals surface area contributed by atoms with Crippen LogP contribution in [0.5, 0.6) is 0 Å². The molecular weight excluding hydrogens is 765 g/mol. The molecule has 2 heterocycles. The molecule has 0 spiro atoms. The van der Waals surface area contributed by atoms with Crippen LogP contribution in [0.25, 0.3) is 104 Å². The minimum Gasteiger partial charge on any atom is -0.455 e. The first-order valence-electron chi connectivity index (χ1n) is 21.6. The van der Waals surface area contributed by atoms with Crippen molar-refractivity contribution in [2.24, 2.45) is 0 Å². The molecule has 13 aromatic rings. The molecule has 0 saturated heterocycles. The molecule has 3 nitrogen and oxygen atoms in total. The van der Waals surface area contributed by atoms with Crippen LogP contribution in [0.1, 0.15) is 0 Å². The van der Waals surface area contributed by atoms with Crippen molar-refractivity contribution in [1.29, 1.82) is 0 Å². The predicted octanol–water partition coefficient (Wildman–Crippen LogP) is 16.9. The summed E-state index contributed by atoms with van der Waals surface area (Å²) in [5.41, 5.74) is 13.2. The summed E-state index contributed by atoms with van der Waals surface area (Å²) < 4.78 is 8.96. The molecule has 13 rings (SSSR count). The van der Waals surface area contributed by atoms with Gasteiger partial charge in [-0.3, -0.25) is 0 Å². The van der Waals surface area contributed by atoms with Crippen molar-refractivity contribution in [2.75, 3.05) is 4.90 Å². The van der Waals surface area contributed by atoms with E-state index >= 15 is 0 Å². The van der Waals surface area contributed by atoms with Crippen LogP contribution < -0.4 is 4.90 Å². The molecular formula is C60H38N2O. The first-order valence-corrected chi connectivity index (χ1v) is 21.6. The van der Waals surface area contributed by atoms with Gasteiger partial charge < -0.3 is 13.9 Å². The molecule has 0 aliphatic heterocycles. The van der Waals surface area contributed by atoms with E-state index in [9.17, 15) is 0 Å². The van der Waals surface area contributed by atoms with Crippen LogP contribution in [0.4, 0.5) is 17.1 Å². The van der Waals surface area contributed by atoms with E-state index in [-0.39, 0.29) is 0 Å². The SMILES string of the molecule is c1cc(-c2ccc3c(ccc4ccccc43)c2)cc(N(c2ccc(-c3cccc(-n4c5ccccc5c5ccccc54)c3)cc2)c2ccc3oc4c5ccccc5ccc4c3c2)c1. The minimum absolute atomic E-state index is 0.876. The highest BCUT2D eigenvalue weighted by molar-refractivity contribution is 6.16. The fourth-order valence-corrected chi connectivity index (χ4v) is 9.92. The van der Waals surface area contributed by atoms with Crippen LogP contribution in [0.2, 0.25) is 0 Å². The Hall–Kier alpha value is -8.40. The lowest BCUT2D eigenvalue weighted by Crippen LogP contribution is -2.10. The Balaban J connectivity index is 0.935. The number of aromatic nitrogens is 1. The van der Waals surface area contributed by atoms with Crippen LogP contribution in [0, 0.1) is 0 Å². The van der Waals surface area contributed by atoms with Crippen molar-refractivity contribution in [2.45, 2.75) is 0 Å². The van der Waals surface area contributed by atoms with Gasteiger partial charge in [-0.2, -0.15) is 0 Å². The van der Waals surface area contributed by atoms with E-state index in [2.05, 4.69) is 240 Å². The maximum atomic E-state index is 6.58. The van der Waals surface area contributed by atoms with Gasteiger partial charge in [0.25, 0.3) is 0 Å². The van der Waals surface area contributed by atoms with Crippen LogP contribution in [0.3, 0.4) is 0 Å². The monoisotopic (exact) mass is 802 g/mol.